The Bertz CT molecular complexity index is 239. The monoisotopic (exact) mass is 238 g/mol. The summed E-state index contributed by atoms with van der Waals surface area (Å²) in [7, 11) is 0. The van der Waals surface area contributed by atoms with Gasteiger partial charge in [0, 0.05) is 12.1 Å². The van der Waals surface area contributed by atoms with Gasteiger partial charge in [-0.15, -0.1) is 0 Å². The lowest BCUT2D eigenvalue weighted by atomic mass is 10.1. The normalized spacial score (nSPS) is 16.4. The minimum atomic E-state index is 0.0813. The van der Waals surface area contributed by atoms with Crippen molar-refractivity contribution < 1.29 is 4.79 Å². The van der Waals surface area contributed by atoms with Crippen LogP contribution in [0.25, 0.3) is 0 Å². The van der Waals surface area contributed by atoms with Crippen molar-refractivity contribution in [2.75, 3.05) is 0 Å². The molecule has 0 atom stereocenters. The third-order valence-corrected chi connectivity index (χ3v) is 3.28. The summed E-state index contributed by atoms with van der Waals surface area (Å²) in [6, 6.07) is 0. The van der Waals surface area contributed by atoms with Gasteiger partial charge in [0.25, 0.3) is 0 Å². The second-order valence-electron chi connectivity index (χ2n) is 4.94. The molecule has 1 saturated carbocycles. The Labute approximate surface area is 105 Å². The van der Waals surface area contributed by atoms with Crippen LogP contribution in [0.3, 0.4) is 0 Å². The summed E-state index contributed by atoms with van der Waals surface area (Å²) >= 11 is 0. The van der Waals surface area contributed by atoms with E-state index in [1.807, 2.05) is 0 Å². The smallest absolute Gasteiger partial charge is 0.240 e. The largest absolute Gasteiger partial charge is 0.273 e. The molecule has 0 radical (unpaired) electrons. The van der Waals surface area contributed by atoms with Crippen LogP contribution in [0.5, 0.6) is 0 Å². The molecule has 17 heavy (non-hydrogen) atoms. The Balaban J connectivity index is 2.14. The molecule has 1 N–H and O–H groups in total. The predicted octanol–water partition coefficient (Wildman–Crippen LogP) is 3.78. The zero-order chi connectivity index (χ0) is 12.3. The standard InChI is InChI=1S/C14H26N2O/c1-2-3-4-9-12-14(17)16-15-13-10-7-5-6-8-11-13/h2-12H2,1H3,(H,16,17). The highest BCUT2D eigenvalue weighted by atomic mass is 16.2. The van der Waals surface area contributed by atoms with E-state index in [1.54, 1.807) is 0 Å². The van der Waals surface area contributed by atoms with E-state index in [4.69, 9.17) is 0 Å². The van der Waals surface area contributed by atoms with E-state index < -0.39 is 0 Å². The number of carbonyl (C=O) groups is 1. The number of hydrogen-bond acceptors (Lipinski definition) is 2. The fraction of sp³-hybridized carbons (Fsp3) is 0.857. The number of amides is 1. The van der Waals surface area contributed by atoms with Gasteiger partial charge in [-0.3, -0.25) is 4.79 Å². The molecule has 0 heterocycles. The molecule has 0 unspecified atom stereocenters. The van der Waals surface area contributed by atoms with Gasteiger partial charge in [-0.05, 0) is 32.1 Å². The molecule has 1 amide bonds. The van der Waals surface area contributed by atoms with Gasteiger partial charge < -0.3 is 0 Å². The van der Waals surface area contributed by atoms with E-state index in [0.29, 0.717) is 6.42 Å². The third-order valence-electron chi connectivity index (χ3n) is 3.28. The Morgan fingerprint density at radius 3 is 2.47 bits per heavy atom. The number of rotatable bonds is 6. The number of hydrazone groups is 1. The molecule has 0 bridgehead atoms. The van der Waals surface area contributed by atoms with Gasteiger partial charge in [-0.25, -0.2) is 5.43 Å². The zero-order valence-electron chi connectivity index (χ0n) is 11.1. The number of carbonyl (C=O) groups excluding carboxylic acids is 1. The van der Waals surface area contributed by atoms with Crippen molar-refractivity contribution in [3.63, 3.8) is 0 Å². The van der Waals surface area contributed by atoms with Gasteiger partial charge in [-0.1, -0.05) is 39.0 Å². The van der Waals surface area contributed by atoms with E-state index in [1.165, 1.54) is 44.2 Å². The lowest BCUT2D eigenvalue weighted by Gasteiger charge is -2.03. The van der Waals surface area contributed by atoms with Crippen LogP contribution >= 0.6 is 0 Å². The summed E-state index contributed by atoms with van der Waals surface area (Å²) in [6.07, 6.45) is 12.4. The lowest BCUT2D eigenvalue weighted by molar-refractivity contribution is -0.121. The van der Waals surface area contributed by atoms with E-state index in [0.717, 1.165) is 25.7 Å². The predicted molar refractivity (Wildman–Crippen MR) is 72.0 cm³/mol. The van der Waals surface area contributed by atoms with E-state index in [-0.39, 0.29) is 5.91 Å². The molecule has 1 aliphatic carbocycles. The third kappa shape index (κ3) is 7.14. The minimum Gasteiger partial charge on any atom is -0.273 e. The molecule has 1 aliphatic rings. The van der Waals surface area contributed by atoms with Crippen LogP contribution in [0.1, 0.15) is 77.6 Å². The van der Waals surface area contributed by atoms with Crippen molar-refractivity contribution in [1.82, 2.24) is 5.43 Å². The van der Waals surface area contributed by atoms with Gasteiger partial charge in [-0.2, -0.15) is 5.10 Å². The van der Waals surface area contributed by atoms with E-state index >= 15 is 0 Å². The molecule has 0 aliphatic heterocycles. The average molecular weight is 238 g/mol. The van der Waals surface area contributed by atoms with Gasteiger partial charge in [0.2, 0.25) is 5.91 Å². The summed E-state index contributed by atoms with van der Waals surface area (Å²) in [6.45, 7) is 2.18. The van der Waals surface area contributed by atoms with Crippen LogP contribution in [-0.2, 0) is 4.79 Å². The lowest BCUT2D eigenvalue weighted by Crippen LogP contribution is -2.19. The van der Waals surface area contributed by atoms with E-state index in [9.17, 15) is 4.79 Å². The number of nitrogens with one attached hydrogen (secondary N) is 1. The average Bonchev–Trinajstić information content (AvgIpc) is 2.60. The topological polar surface area (TPSA) is 41.5 Å². The van der Waals surface area contributed by atoms with Crippen LogP contribution in [0.2, 0.25) is 0 Å². The summed E-state index contributed by atoms with van der Waals surface area (Å²) < 4.78 is 0. The molecule has 0 aromatic rings. The molecule has 3 heteroatoms. The fourth-order valence-corrected chi connectivity index (χ4v) is 2.16. The van der Waals surface area contributed by atoms with Crippen LogP contribution in [0.15, 0.2) is 5.10 Å². The van der Waals surface area contributed by atoms with Crippen molar-refractivity contribution in [2.45, 2.75) is 77.6 Å². The molecule has 0 aromatic carbocycles. The second kappa shape index (κ2) is 9.20. The van der Waals surface area contributed by atoms with Crippen molar-refractivity contribution in [3.05, 3.63) is 0 Å². The quantitative estimate of drug-likeness (QED) is 0.427. The highest BCUT2D eigenvalue weighted by Crippen LogP contribution is 2.14. The Morgan fingerprint density at radius 2 is 1.82 bits per heavy atom. The van der Waals surface area contributed by atoms with Crippen molar-refractivity contribution in [2.24, 2.45) is 5.10 Å². The first-order chi connectivity index (χ1) is 8.33. The molecule has 3 nitrogen and oxygen atoms in total. The molecular weight excluding hydrogens is 212 g/mol. The van der Waals surface area contributed by atoms with Crippen LogP contribution < -0.4 is 5.43 Å². The highest BCUT2D eigenvalue weighted by Gasteiger charge is 2.06. The molecule has 0 aromatic heterocycles. The first-order valence-electron chi connectivity index (χ1n) is 7.17. The minimum absolute atomic E-state index is 0.0813. The molecule has 0 spiro atoms. The number of hydrogen-bond donors (Lipinski definition) is 1. The molecule has 1 fully saturated rings. The van der Waals surface area contributed by atoms with Crippen molar-refractivity contribution in [1.29, 1.82) is 0 Å². The molecule has 1 rings (SSSR count). The first kappa shape index (κ1) is 14.2. The highest BCUT2D eigenvalue weighted by molar-refractivity contribution is 5.86. The van der Waals surface area contributed by atoms with Crippen molar-refractivity contribution >= 4 is 11.6 Å². The summed E-state index contributed by atoms with van der Waals surface area (Å²) in [5.41, 5.74) is 3.89. The maximum absolute atomic E-state index is 11.5. The van der Waals surface area contributed by atoms with Crippen molar-refractivity contribution in [3.8, 4) is 0 Å². The number of nitrogens with zero attached hydrogens (tertiary/aromatic N) is 1. The van der Waals surface area contributed by atoms with Gasteiger partial charge >= 0.3 is 0 Å². The maximum Gasteiger partial charge on any atom is 0.240 e. The van der Waals surface area contributed by atoms with Gasteiger partial charge in [0.1, 0.15) is 0 Å². The molecule has 98 valence electrons. The van der Waals surface area contributed by atoms with Crippen LogP contribution in [-0.4, -0.2) is 11.6 Å². The van der Waals surface area contributed by atoms with Gasteiger partial charge in [0.15, 0.2) is 0 Å². The Kier molecular flexibility index (Phi) is 7.69. The summed E-state index contributed by atoms with van der Waals surface area (Å²) in [5, 5.41) is 4.26. The Morgan fingerprint density at radius 1 is 1.12 bits per heavy atom. The Hall–Kier alpha value is -0.860. The van der Waals surface area contributed by atoms with Crippen LogP contribution in [0, 0.1) is 0 Å². The van der Waals surface area contributed by atoms with E-state index in [2.05, 4.69) is 17.5 Å². The van der Waals surface area contributed by atoms with Gasteiger partial charge in [0.05, 0.1) is 0 Å². The first-order valence-corrected chi connectivity index (χ1v) is 7.17. The summed E-state index contributed by atoms with van der Waals surface area (Å²) in [5.74, 6) is 0.0813. The fourth-order valence-electron chi connectivity index (χ4n) is 2.16. The summed E-state index contributed by atoms with van der Waals surface area (Å²) in [4.78, 5) is 11.5. The zero-order valence-corrected chi connectivity index (χ0v) is 11.1. The number of unbranched alkanes of at least 4 members (excludes halogenated alkanes) is 3. The second-order valence-corrected chi connectivity index (χ2v) is 4.94. The molecule has 0 saturated heterocycles. The van der Waals surface area contributed by atoms with Crippen LogP contribution in [0.4, 0.5) is 0 Å². The molecular formula is C14H26N2O. The maximum atomic E-state index is 11.5. The SMILES string of the molecule is CCCCCCC(=O)NN=C1CCCCCC1.